The molecule has 2 rings (SSSR count). The van der Waals surface area contributed by atoms with Crippen molar-refractivity contribution < 1.29 is 4.39 Å². The summed E-state index contributed by atoms with van der Waals surface area (Å²) in [4.78, 5) is 6.31. The lowest BCUT2D eigenvalue weighted by atomic mass is 10.1. The molecule has 1 N–H and O–H groups in total. The van der Waals surface area contributed by atoms with Crippen LogP contribution in [0, 0.1) is 0 Å². The maximum absolute atomic E-state index is 12.6. The highest BCUT2D eigenvalue weighted by Crippen LogP contribution is 2.15. The Labute approximate surface area is 203 Å². The van der Waals surface area contributed by atoms with Crippen LogP contribution in [-0.2, 0) is 6.42 Å². The van der Waals surface area contributed by atoms with Gasteiger partial charge in [-0.3, -0.25) is 4.99 Å². The number of unbranched alkanes of at least 4 members (excludes halogenated alkanes) is 1. The summed E-state index contributed by atoms with van der Waals surface area (Å²) in [5.41, 5.74) is 1.41. The van der Waals surface area contributed by atoms with Gasteiger partial charge >= 0.3 is 0 Å². The van der Waals surface area contributed by atoms with Gasteiger partial charge in [0.25, 0.3) is 0 Å². The minimum Gasteiger partial charge on any atom is -0.350 e. The number of allylic oxidation sites excluding steroid dienone is 1. The van der Waals surface area contributed by atoms with E-state index in [2.05, 4.69) is 91.6 Å². The van der Waals surface area contributed by atoms with Crippen LogP contribution in [0.25, 0.3) is 10.8 Å². The van der Waals surface area contributed by atoms with Gasteiger partial charge in [0.2, 0.25) is 0 Å². The lowest BCUT2D eigenvalue weighted by Gasteiger charge is -2.25. The molecule has 0 radical (unpaired) electrons. The number of nitrogens with zero attached hydrogens (tertiary/aromatic N) is 2. The molecule has 0 aliphatic carbocycles. The Morgan fingerprint density at radius 2 is 1.64 bits per heavy atom. The third kappa shape index (κ3) is 15.8. The van der Waals surface area contributed by atoms with Crippen LogP contribution in [0.15, 0.2) is 72.5 Å². The summed E-state index contributed by atoms with van der Waals surface area (Å²) >= 11 is 0. The van der Waals surface area contributed by atoms with Crippen LogP contribution in [0.1, 0.15) is 66.4 Å². The molecule has 0 spiro atoms. The smallest absolute Gasteiger partial charge is 0.193 e. The maximum atomic E-state index is 12.6. The lowest BCUT2D eigenvalue weighted by Crippen LogP contribution is -2.42. The van der Waals surface area contributed by atoms with E-state index in [0.29, 0.717) is 0 Å². The number of benzene rings is 2. The molecule has 0 fully saturated rings. The topological polar surface area (TPSA) is 27.6 Å². The molecule has 0 aliphatic rings. The lowest BCUT2D eigenvalue weighted by molar-refractivity contribution is 0.392. The Hall–Kier alpha value is -2.62. The van der Waals surface area contributed by atoms with Crippen LogP contribution in [0.5, 0.6) is 0 Å². The first-order valence-electron chi connectivity index (χ1n) is 12.3. The molecule has 2 aromatic rings. The van der Waals surface area contributed by atoms with Crippen molar-refractivity contribution in [2.24, 2.45) is 4.99 Å². The van der Waals surface area contributed by atoms with Gasteiger partial charge in [0.15, 0.2) is 5.96 Å². The van der Waals surface area contributed by atoms with Crippen molar-refractivity contribution in [3.63, 3.8) is 0 Å². The van der Waals surface area contributed by atoms with Crippen LogP contribution in [0.2, 0.25) is 0 Å². The first-order chi connectivity index (χ1) is 16.0. The Morgan fingerprint density at radius 1 is 1.03 bits per heavy atom. The van der Waals surface area contributed by atoms with E-state index in [1.807, 2.05) is 20.8 Å². The molecule has 0 amide bonds. The Bertz CT molecular complexity index is 783. The van der Waals surface area contributed by atoms with Gasteiger partial charge in [0.05, 0.1) is 6.54 Å². The minimum absolute atomic E-state index is 0.138. The van der Waals surface area contributed by atoms with Gasteiger partial charge in [-0.05, 0) is 42.5 Å². The summed E-state index contributed by atoms with van der Waals surface area (Å²) < 4.78 is 12.6. The number of aliphatic imine (C=N–C) groups is 1. The molecule has 0 unspecified atom stereocenters. The van der Waals surface area contributed by atoms with E-state index in [1.165, 1.54) is 16.3 Å². The predicted molar refractivity (Wildman–Crippen MR) is 149 cm³/mol. The Morgan fingerprint density at radius 3 is 2.12 bits per heavy atom. The van der Waals surface area contributed by atoms with Crippen molar-refractivity contribution in [2.45, 2.75) is 67.2 Å². The zero-order valence-corrected chi connectivity index (χ0v) is 22.3. The third-order valence-electron chi connectivity index (χ3n) is 4.45. The molecule has 3 nitrogen and oxygen atoms in total. The fraction of sp³-hybridized carbons (Fsp3) is 0.483. The molecular formula is C29H48FN3. The molecule has 0 aliphatic heterocycles. The standard InChI is InChI=1S/C12H24FN3.C12H12.C3H6.C2H6/c1-5-7-9-16(8-6-2)12(14-4)15-10-11(3)13;1-2-10-7-8-11-5-3-4-6-12(11)9-10;1-3-2;1-2/h3,5-10H2,1-2,4H3,(H,14,15);3-9H,2H2,1H3;3H,1H2,2H3;1-2H3. The van der Waals surface area contributed by atoms with Gasteiger partial charge in [-0.25, -0.2) is 4.39 Å². The van der Waals surface area contributed by atoms with Gasteiger partial charge in [0.1, 0.15) is 5.83 Å². The average Bonchev–Trinajstić information content (AvgIpc) is 2.84. The van der Waals surface area contributed by atoms with E-state index < -0.39 is 0 Å². The number of rotatable bonds is 8. The van der Waals surface area contributed by atoms with E-state index in [9.17, 15) is 4.39 Å². The zero-order valence-electron chi connectivity index (χ0n) is 22.3. The second kappa shape index (κ2) is 22.6. The van der Waals surface area contributed by atoms with Gasteiger partial charge in [0, 0.05) is 20.1 Å². The van der Waals surface area contributed by atoms with E-state index in [0.717, 1.165) is 44.7 Å². The minimum atomic E-state index is -0.368. The number of hydrogen-bond acceptors (Lipinski definition) is 1. The van der Waals surface area contributed by atoms with Crippen molar-refractivity contribution in [3.8, 4) is 0 Å². The van der Waals surface area contributed by atoms with E-state index in [-0.39, 0.29) is 12.4 Å². The Kier molecular flexibility index (Phi) is 22.3. The molecule has 0 saturated carbocycles. The highest BCUT2D eigenvalue weighted by atomic mass is 19.1. The quantitative estimate of drug-likeness (QED) is 0.246. The van der Waals surface area contributed by atoms with Crippen LogP contribution < -0.4 is 5.32 Å². The maximum Gasteiger partial charge on any atom is 0.193 e. The van der Waals surface area contributed by atoms with Gasteiger partial charge < -0.3 is 10.2 Å². The van der Waals surface area contributed by atoms with Gasteiger partial charge in [-0.1, -0.05) is 96.2 Å². The summed E-state index contributed by atoms with van der Waals surface area (Å²) in [6.07, 6.45) is 6.19. The predicted octanol–water partition coefficient (Wildman–Crippen LogP) is 8.18. The summed E-state index contributed by atoms with van der Waals surface area (Å²) in [6, 6.07) is 15.1. The fourth-order valence-corrected chi connectivity index (χ4v) is 2.91. The second-order valence-corrected chi connectivity index (χ2v) is 7.20. The molecule has 186 valence electrons. The second-order valence-electron chi connectivity index (χ2n) is 7.20. The SMILES string of the molecule is C=C(F)CNC(=NC)N(CCC)CCCC.C=CC.CC.CCc1ccc2ccccc2c1. The number of nitrogens with one attached hydrogen (secondary N) is 1. The normalized spacial score (nSPS) is 9.88. The summed E-state index contributed by atoms with van der Waals surface area (Å²) in [7, 11) is 1.72. The molecule has 0 saturated heterocycles. The number of halogens is 1. The van der Waals surface area contributed by atoms with Crippen molar-refractivity contribution in [1.82, 2.24) is 10.2 Å². The summed E-state index contributed by atoms with van der Waals surface area (Å²) in [6.45, 7) is 21.0. The fourth-order valence-electron chi connectivity index (χ4n) is 2.91. The number of hydrogen-bond donors (Lipinski definition) is 1. The van der Waals surface area contributed by atoms with E-state index in [1.54, 1.807) is 13.1 Å². The monoisotopic (exact) mass is 457 g/mol. The third-order valence-corrected chi connectivity index (χ3v) is 4.45. The van der Waals surface area contributed by atoms with Crippen molar-refractivity contribution >= 4 is 16.7 Å². The van der Waals surface area contributed by atoms with Crippen LogP contribution >= 0.6 is 0 Å². The average molecular weight is 458 g/mol. The molecular weight excluding hydrogens is 409 g/mol. The molecule has 4 heteroatoms. The number of fused-ring (bicyclic) bond motifs is 1. The molecule has 0 aromatic heterocycles. The molecule has 0 atom stereocenters. The van der Waals surface area contributed by atoms with Crippen molar-refractivity contribution in [3.05, 3.63) is 73.1 Å². The molecule has 33 heavy (non-hydrogen) atoms. The first-order valence-corrected chi connectivity index (χ1v) is 12.3. The van der Waals surface area contributed by atoms with E-state index in [4.69, 9.17) is 0 Å². The van der Waals surface area contributed by atoms with Gasteiger partial charge in [-0.2, -0.15) is 0 Å². The molecule has 0 heterocycles. The molecule has 0 bridgehead atoms. The van der Waals surface area contributed by atoms with Crippen molar-refractivity contribution in [1.29, 1.82) is 0 Å². The first kappa shape index (κ1) is 32.6. The Balaban J connectivity index is 0. The highest BCUT2D eigenvalue weighted by Gasteiger charge is 2.08. The van der Waals surface area contributed by atoms with Gasteiger partial charge in [-0.15, -0.1) is 6.58 Å². The van der Waals surface area contributed by atoms with Crippen LogP contribution in [0.4, 0.5) is 4.39 Å². The number of aryl methyl sites for hydroxylation is 1. The van der Waals surface area contributed by atoms with Crippen molar-refractivity contribution in [2.75, 3.05) is 26.7 Å². The molecule has 2 aromatic carbocycles. The van der Waals surface area contributed by atoms with Crippen LogP contribution in [0.3, 0.4) is 0 Å². The zero-order chi connectivity index (χ0) is 25.5. The van der Waals surface area contributed by atoms with Crippen LogP contribution in [-0.4, -0.2) is 37.5 Å². The summed E-state index contributed by atoms with van der Waals surface area (Å²) in [5.74, 6) is 0.391. The van der Waals surface area contributed by atoms with E-state index >= 15 is 0 Å². The highest BCUT2D eigenvalue weighted by molar-refractivity contribution is 5.83. The summed E-state index contributed by atoms with van der Waals surface area (Å²) in [5, 5.41) is 5.64. The number of guanidine groups is 1. The largest absolute Gasteiger partial charge is 0.350 e.